The topological polar surface area (TPSA) is 48.5 Å². The van der Waals surface area contributed by atoms with Crippen LogP contribution >= 0.6 is 0 Å². The maximum Gasteiger partial charge on any atom is 0.128 e. The molecule has 0 bridgehead atoms. The first-order valence-corrected chi connectivity index (χ1v) is 9.66. The molecule has 26 heavy (non-hydrogen) atoms. The molecule has 1 saturated heterocycles. The molecule has 2 heterocycles. The van der Waals surface area contributed by atoms with E-state index in [1.54, 1.807) is 0 Å². The number of amidine groups is 1. The Bertz CT molecular complexity index is 803. The van der Waals surface area contributed by atoms with Crippen molar-refractivity contribution in [2.24, 2.45) is 4.99 Å². The van der Waals surface area contributed by atoms with Crippen LogP contribution in [0.2, 0.25) is 0 Å². The van der Waals surface area contributed by atoms with Crippen molar-refractivity contribution in [3.8, 4) is 0 Å². The summed E-state index contributed by atoms with van der Waals surface area (Å²) in [6.07, 6.45) is 2.08. The molecule has 0 radical (unpaired) electrons. The number of nitrogens with one attached hydrogen (secondary N) is 3. The number of para-hydroxylation sites is 2. The summed E-state index contributed by atoms with van der Waals surface area (Å²) in [5, 5.41) is 10.9. The molecule has 0 unspecified atom stereocenters. The van der Waals surface area contributed by atoms with Crippen molar-refractivity contribution in [1.82, 2.24) is 10.6 Å². The minimum absolute atomic E-state index is 0.0880. The first kappa shape index (κ1) is 17.1. The molecular weight excluding hydrogens is 320 g/mol. The van der Waals surface area contributed by atoms with Crippen molar-refractivity contribution < 1.29 is 0 Å². The molecule has 2 aliphatic heterocycles. The molecule has 1 spiro atoms. The highest BCUT2D eigenvalue weighted by Crippen LogP contribution is 2.36. The fraction of sp³-hybridized carbons (Fsp3) is 0.409. The van der Waals surface area contributed by atoms with Crippen LogP contribution < -0.4 is 16.0 Å². The molecule has 136 valence electrons. The molecule has 2 aliphatic rings. The Morgan fingerprint density at radius 2 is 1.88 bits per heavy atom. The van der Waals surface area contributed by atoms with Crippen molar-refractivity contribution in [2.75, 3.05) is 18.4 Å². The summed E-state index contributed by atoms with van der Waals surface area (Å²) >= 11 is 0. The number of rotatable bonds is 3. The second kappa shape index (κ2) is 7.12. The molecule has 3 N–H and O–H groups in total. The van der Waals surface area contributed by atoms with Gasteiger partial charge in [0.15, 0.2) is 0 Å². The van der Waals surface area contributed by atoms with Crippen molar-refractivity contribution in [3.05, 3.63) is 59.7 Å². The van der Waals surface area contributed by atoms with Crippen LogP contribution in [-0.4, -0.2) is 24.5 Å². The fourth-order valence-electron chi connectivity index (χ4n) is 3.89. The summed E-state index contributed by atoms with van der Waals surface area (Å²) in [5.74, 6) is 1.62. The summed E-state index contributed by atoms with van der Waals surface area (Å²) in [6.45, 7) is 7.31. The molecule has 1 fully saturated rings. The maximum atomic E-state index is 5.01. The average molecular weight is 348 g/mol. The van der Waals surface area contributed by atoms with Gasteiger partial charge in [-0.15, -0.1) is 0 Å². The van der Waals surface area contributed by atoms with Gasteiger partial charge < -0.3 is 16.0 Å². The molecule has 2 aromatic rings. The smallest absolute Gasteiger partial charge is 0.128 e. The Kier molecular flexibility index (Phi) is 4.68. The third kappa shape index (κ3) is 3.34. The number of aliphatic imine (C=N–C) groups is 1. The maximum absolute atomic E-state index is 5.01. The van der Waals surface area contributed by atoms with Crippen molar-refractivity contribution in [3.63, 3.8) is 0 Å². The van der Waals surface area contributed by atoms with Crippen LogP contribution in [0, 0.1) is 0 Å². The van der Waals surface area contributed by atoms with E-state index in [4.69, 9.17) is 4.99 Å². The molecule has 0 atom stereocenters. The molecular formula is C22H28N4. The lowest BCUT2D eigenvalue weighted by Crippen LogP contribution is -2.58. The predicted molar refractivity (Wildman–Crippen MR) is 109 cm³/mol. The highest BCUT2D eigenvalue weighted by molar-refractivity contribution is 6.00. The lowest BCUT2D eigenvalue weighted by atomic mass is 9.85. The van der Waals surface area contributed by atoms with Gasteiger partial charge in [-0.2, -0.15) is 0 Å². The molecule has 0 aromatic heterocycles. The second-order valence-corrected chi connectivity index (χ2v) is 7.69. The van der Waals surface area contributed by atoms with E-state index in [2.05, 4.69) is 72.3 Å². The van der Waals surface area contributed by atoms with Gasteiger partial charge in [0.1, 0.15) is 5.84 Å². The third-order valence-corrected chi connectivity index (χ3v) is 5.50. The van der Waals surface area contributed by atoms with E-state index >= 15 is 0 Å². The number of anilines is 1. The molecule has 0 aliphatic carbocycles. The van der Waals surface area contributed by atoms with Crippen LogP contribution in [0.3, 0.4) is 0 Å². The second-order valence-electron chi connectivity index (χ2n) is 7.69. The zero-order valence-electron chi connectivity index (χ0n) is 15.7. The normalized spacial score (nSPS) is 18.2. The third-order valence-electron chi connectivity index (χ3n) is 5.50. The van der Waals surface area contributed by atoms with E-state index in [1.165, 1.54) is 11.1 Å². The van der Waals surface area contributed by atoms with Gasteiger partial charge in [-0.1, -0.05) is 50.2 Å². The Hall–Kier alpha value is -2.33. The van der Waals surface area contributed by atoms with Gasteiger partial charge in [0.05, 0.1) is 16.9 Å². The zero-order valence-corrected chi connectivity index (χ0v) is 15.7. The fourth-order valence-corrected chi connectivity index (χ4v) is 3.89. The van der Waals surface area contributed by atoms with Crippen LogP contribution in [0.4, 0.5) is 11.4 Å². The van der Waals surface area contributed by atoms with Gasteiger partial charge in [-0.25, -0.2) is 4.99 Å². The molecule has 0 saturated carbocycles. The summed E-state index contributed by atoms with van der Waals surface area (Å²) in [5.41, 5.74) is 4.77. The number of fused-ring (bicyclic) bond motifs is 1. The van der Waals surface area contributed by atoms with Crippen LogP contribution in [0.5, 0.6) is 0 Å². The average Bonchev–Trinajstić information content (AvgIpc) is 2.67. The summed E-state index contributed by atoms with van der Waals surface area (Å²) in [6, 6.07) is 17.2. The van der Waals surface area contributed by atoms with E-state index in [-0.39, 0.29) is 5.54 Å². The van der Waals surface area contributed by atoms with Gasteiger partial charge in [-0.3, -0.25) is 0 Å². The first-order valence-electron chi connectivity index (χ1n) is 9.66. The highest BCUT2D eigenvalue weighted by atomic mass is 15.2. The number of piperidine rings is 1. The number of nitrogens with zero attached hydrogens (tertiary/aromatic N) is 1. The minimum Gasteiger partial charge on any atom is -0.371 e. The largest absolute Gasteiger partial charge is 0.371 e. The van der Waals surface area contributed by atoms with Gasteiger partial charge in [0, 0.05) is 6.54 Å². The minimum atomic E-state index is -0.0880. The molecule has 4 rings (SSSR count). The van der Waals surface area contributed by atoms with E-state index in [1.807, 2.05) is 6.07 Å². The predicted octanol–water partition coefficient (Wildman–Crippen LogP) is 4.18. The highest BCUT2D eigenvalue weighted by Gasteiger charge is 2.40. The molecule has 2 aromatic carbocycles. The van der Waals surface area contributed by atoms with Crippen LogP contribution in [0.25, 0.3) is 0 Å². The zero-order chi connectivity index (χ0) is 18.0. The van der Waals surface area contributed by atoms with Crippen LogP contribution in [0.1, 0.15) is 43.7 Å². The lowest BCUT2D eigenvalue weighted by Gasteiger charge is -2.43. The van der Waals surface area contributed by atoms with E-state index in [0.29, 0.717) is 5.92 Å². The Labute approximate surface area is 156 Å². The standard InChI is InChI=1S/C22H28N4/c1-16(2)18-7-5-6-17(14-18)15-24-21-22(10-12-23-13-11-22)26-20-9-4-3-8-19(20)25-21/h3-9,14,16,23,26H,10-13,15H2,1-2H3,(H,24,25). The Morgan fingerprint density at radius 1 is 1.08 bits per heavy atom. The van der Waals surface area contributed by atoms with Crippen LogP contribution in [0.15, 0.2) is 53.5 Å². The summed E-state index contributed by atoms with van der Waals surface area (Å²) in [4.78, 5) is 5.01. The quantitative estimate of drug-likeness (QED) is 0.780. The van der Waals surface area contributed by atoms with Crippen molar-refractivity contribution >= 4 is 17.2 Å². The Morgan fingerprint density at radius 3 is 2.69 bits per heavy atom. The summed E-state index contributed by atoms with van der Waals surface area (Å²) in [7, 11) is 0. The molecule has 4 heteroatoms. The summed E-state index contributed by atoms with van der Waals surface area (Å²) < 4.78 is 0. The number of hydrogen-bond donors (Lipinski definition) is 3. The van der Waals surface area contributed by atoms with Crippen molar-refractivity contribution in [1.29, 1.82) is 0 Å². The van der Waals surface area contributed by atoms with E-state index in [0.717, 1.165) is 49.7 Å². The molecule has 0 amide bonds. The van der Waals surface area contributed by atoms with Gasteiger partial charge in [-0.05, 0) is 55.1 Å². The number of benzene rings is 2. The SMILES string of the molecule is CC(C)c1cccc(CNC2=Nc3ccccc3NC23CCNCC3)c1. The van der Waals surface area contributed by atoms with Gasteiger partial charge in [0.2, 0.25) is 0 Å². The first-order chi connectivity index (χ1) is 12.7. The van der Waals surface area contributed by atoms with Gasteiger partial charge >= 0.3 is 0 Å². The van der Waals surface area contributed by atoms with E-state index in [9.17, 15) is 0 Å². The lowest BCUT2D eigenvalue weighted by molar-refractivity contribution is 0.412. The number of hydrogen-bond acceptors (Lipinski definition) is 4. The van der Waals surface area contributed by atoms with Crippen LogP contribution in [-0.2, 0) is 6.54 Å². The monoisotopic (exact) mass is 348 g/mol. The van der Waals surface area contributed by atoms with E-state index < -0.39 is 0 Å². The Balaban J connectivity index is 1.60. The molecule has 4 nitrogen and oxygen atoms in total. The van der Waals surface area contributed by atoms with Gasteiger partial charge in [0.25, 0.3) is 0 Å². The van der Waals surface area contributed by atoms with Crippen molar-refractivity contribution in [2.45, 2.75) is 44.7 Å².